The molecule has 0 aliphatic heterocycles. The first kappa shape index (κ1) is 19.8. The van der Waals surface area contributed by atoms with E-state index in [4.69, 9.17) is 0 Å². The van der Waals surface area contributed by atoms with Crippen molar-refractivity contribution in [3.05, 3.63) is 0 Å². The van der Waals surface area contributed by atoms with Crippen molar-refractivity contribution in [2.45, 2.75) is 52.6 Å². The van der Waals surface area contributed by atoms with Gasteiger partial charge < -0.3 is 9.96 Å². The minimum Gasteiger partial charge on any atom is -0.326 e. The molecule has 0 saturated carbocycles. The molecule has 0 aliphatic rings. The minimum atomic E-state index is -0.297. The second kappa shape index (κ2) is 7.60. The van der Waals surface area contributed by atoms with Crippen LogP contribution in [0.15, 0.2) is 0 Å². The van der Waals surface area contributed by atoms with Gasteiger partial charge in [0.1, 0.15) is 0 Å². The SMILES string of the molecule is CC(C)(C)N[SiH2]NC(C)(C)C.[Li].[Li]. The van der Waals surface area contributed by atoms with Gasteiger partial charge in [0.15, 0.2) is 9.84 Å². The molecular weight excluding hydrogens is 166 g/mol. The van der Waals surface area contributed by atoms with E-state index >= 15 is 0 Å². The molecule has 2 nitrogen and oxygen atoms in total. The molecule has 0 aliphatic carbocycles. The third kappa shape index (κ3) is 19.7. The maximum absolute atomic E-state index is 3.51. The summed E-state index contributed by atoms with van der Waals surface area (Å²) >= 11 is 0. The van der Waals surface area contributed by atoms with Crippen molar-refractivity contribution >= 4 is 47.6 Å². The standard InChI is InChI=1S/C8H22N2Si.2Li/c1-7(2,3)9-11-10-8(4,5)6;;/h9-10H,11H2,1-6H3;;. The second-order valence-electron chi connectivity index (χ2n) is 5.03. The summed E-state index contributed by atoms with van der Waals surface area (Å²) in [6.45, 7) is 13.2. The monoisotopic (exact) mass is 188 g/mol. The van der Waals surface area contributed by atoms with Crippen molar-refractivity contribution in [3.63, 3.8) is 0 Å². The van der Waals surface area contributed by atoms with E-state index < -0.39 is 0 Å². The van der Waals surface area contributed by atoms with Gasteiger partial charge in [-0.2, -0.15) is 0 Å². The Kier molecular flexibility index (Phi) is 11.6. The molecule has 0 atom stereocenters. The van der Waals surface area contributed by atoms with Gasteiger partial charge in [0, 0.05) is 48.8 Å². The summed E-state index contributed by atoms with van der Waals surface area (Å²) in [5.41, 5.74) is 0.537. The fourth-order valence-electron chi connectivity index (χ4n) is 0.575. The molecule has 13 heavy (non-hydrogen) atoms. The molecule has 0 rings (SSSR count). The molecule has 0 unspecified atom stereocenters. The molecule has 0 heterocycles. The topological polar surface area (TPSA) is 24.1 Å². The van der Waals surface area contributed by atoms with Gasteiger partial charge in [-0.05, 0) is 41.5 Å². The first-order valence-corrected chi connectivity index (χ1v) is 5.62. The molecule has 0 spiro atoms. The molecule has 5 heteroatoms. The number of hydrogen-bond donors (Lipinski definition) is 2. The second-order valence-corrected chi connectivity index (χ2v) is 6.09. The zero-order valence-corrected chi connectivity index (χ0v) is 12.1. The van der Waals surface area contributed by atoms with Crippen molar-refractivity contribution < 1.29 is 0 Å². The molecule has 2 N–H and O–H groups in total. The van der Waals surface area contributed by atoms with E-state index in [0.717, 1.165) is 0 Å². The summed E-state index contributed by atoms with van der Waals surface area (Å²) in [6, 6.07) is 0. The molecular formula is C8H22Li2N2Si. The van der Waals surface area contributed by atoms with Crippen molar-refractivity contribution in [2.24, 2.45) is 0 Å². The van der Waals surface area contributed by atoms with Crippen LogP contribution in [-0.2, 0) is 0 Å². The smallest absolute Gasteiger partial charge is 0.168 e. The van der Waals surface area contributed by atoms with Crippen LogP contribution in [0.1, 0.15) is 41.5 Å². The van der Waals surface area contributed by atoms with E-state index in [1.54, 1.807) is 0 Å². The van der Waals surface area contributed by atoms with Gasteiger partial charge in [0.2, 0.25) is 0 Å². The van der Waals surface area contributed by atoms with Crippen LogP contribution in [0.2, 0.25) is 0 Å². The normalized spacial score (nSPS) is 11.5. The Bertz CT molecular complexity index is 104. The zero-order chi connectivity index (χ0) is 9.12. The summed E-state index contributed by atoms with van der Waals surface area (Å²) in [7, 11) is -0.297. The Labute approximate surface area is 110 Å². The van der Waals surface area contributed by atoms with E-state index in [2.05, 4.69) is 51.5 Å². The third-order valence-electron chi connectivity index (χ3n) is 1.24. The summed E-state index contributed by atoms with van der Waals surface area (Å²) < 4.78 is 0. The van der Waals surface area contributed by atoms with Gasteiger partial charge in [0.05, 0.1) is 0 Å². The summed E-state index contributed by atoms with van der Waals surface area (Å²) in [4.78, 5) is 7.01. The molecule has 0 aromatic carbocycles. The van der Waals surface area contributed by atoms with E-state index in [9.17, 15) is 0 Å². The molecule has 0 aromatic rings. The first-order valence-electron chi connectivity index (χ1n) is 4.21. The molecule has 0 amide bonds. The Morgan fingerprint density at radius 2 is 0.923 bits per heavy atom. The van der Waals surface area contributed by atoms with Crippen LogP contribution in [-0.4, -0.2) is 58.6 Å². The Balaban J connectivity index is -0.000000500. The minimum absolute atomic E-state index is 0. The number of rotatable bonds is 2. The van der Waals surface area contributed by atoms with Gasteiger partial charge in [-0.1, -0.05) is 0 Å². The predicted molar refractivity (Wildman–Crippen MR) is 65.8 cm³/mol. The van der Waals surface area contributed by atoms with E-state index in [0.29, 0.717) is 0 Å². The molecule has 2 radical (unpaired) electrons. The van der Waals surface area contributed by atoms with E-state index in [1.165, 1.54) is 0 Å². The molecule has 70 valence electrons. The van der Waals surface area contributed by atoms with E-state index in [1.807, 2.05) is 0 Å². The summed E-state index contributed by atoms with van der Waals surface area (Å²) in [5.74, 6) is 0. The summed E-state index contributed by atoms with van der Waals surface area (Å²) in [6.07, 6.45) is 0. The van der Waals surface area contributed by atoms with Crippen molar-refractivity contribution in [1.82, 2.24) is 9.96 Å². The predicted octanol–water partition coefficient (Wildman–Crippen LogP) is -0.000200. The fourth-order valence-corrected chi connectivity index (χ4v) is 1.72. The average molecular weight is 188 g/mol. The average Bonchev–Trinajstić information content (AvgIpc) is 1.55. The number of nitrogens with one attached hydrogen (secondary N) is 2. The molecule has 0 bridgehead atoms. The third-order valence-corrected chi connectivity index (χ3v) is 3.71. The van der Waals surface area contributed by atoms with Crippen LogP contribution in [0.25, 0.3) is 0 Å². The maximum Gasteiger partial charge on any atom is 0.168 e. The van der Waals surface area contributed by atoms with Gasteiger partial charge in [-0.25, -0.2) is 0 Å². The Morgan fingerprint density at radius 1 is 0.692 bits per heavy atom. The van der Waals surface area contributed by atoms with Crippen LogP contribution < -0.4 is 9.96 Å². The van der Waals surface area contributed by atoms with Gasteiger partial charge >= 0.3 is 0 Å². The summed E-state index contributed by atoms with van der Waals surface area (Å²) in [5, 5.41) is 0. The van der Waals surface area contributed by atoms with Gasteiger partial charge in [0.25, 0.3) is 0 Å². The Morgan fingerprint density at radius 3 is 1.08 bits per heavy atom. The zero-order valence-electron chi connectivity index (χ0n) is 10.7. The van der Waals surface area contributed by atoms with Crippen molar-refractivity contribution in [3.8, 4) is 0 Å². The Hall–Kier alpha value is 1.33. The van der Waals surface area contributed by atoms with Gasteiger partial charge in [-0.3, -0.25) is 0 Å². The van der Waals surface area contributed by atoms with Crippen molar-refractivity contribution in [2.75, 3.05) is 0 Å². The van der Waals surface area contributed by atoms with E-state index in [-0.39, 0.29) is 58.6 Å². The molecule has 0 fully saturated rings. The van der Waals surface area contributed by atoms with Crippen molar-refractivity contribution in [1.29, 1.82) is 0 Å². The fraction of sp³-hybridized carbons (Fsp3) is 1.00. The van der Waals surface area contributed by atoms with Crippen LogP contribution in [0.5, 0.6) is 0 Å². The number of hydrogen-bond acceptors (Lipinski definition) is 2. The molecule has 0 saturated heterocycles. The molecule has 0 aromatic heterocycles. The van der Waals surface area contributed by atoms with Crippen LogP contribution >= 0.6 is 0 Å². The van der Waals surface area contributed by atoms with Crippen LogP contribution in [0.3, 0.4) is 0 Å². The quantitative estimate of drug-likeness (QED) is 0.596. The largest absolute Gasteiger partial charge is 0.326 e. The van der Waals surface area contributed by atoms with Gasteiger partial charge in [-0.15, -0.1) is 0 Å². The maximum atomic E-state index is 3.51. The van der Waals surface area contributed by atoms with Crippen LogP contribution in [0, 0.1) is 0 Å². The van der Waals surface area contributed by atoms with Crippen LogP contribution in [0.4, 0.5) is 0 Å². The first-order chi connectivity index (χ1) is 4.71.